The van der Waals surface area contributed by atoms with Gasteiger partial charge in [0.15, 0.2) is 0 Å². The van der Waals surface area contributed by atoms with Gasteiger partial charge in [0, 0.05) is 5.69 Å². The Morgan fingerprint density at radius 1 is 1.09 bits per heavy atom. The molecule has 0 bridgehead atoms. The van der Waals surface area contributed by atoms with Crippen LogP contribution in [-0.4, -0.2) is 6.36 Å². The molecule has 0 spiro atoms. The fourth-order valence-corrected chi connectivity index (χ4v) is 2.94. The van der Waals surface area contributed by atoms with Gasteiger partial charge in [0.25, 0.3) is 0 Å². The van der Waals surface area contributed by atoms with E-state index >= 15 is 0 Å². The van der Waals surface area contributed by atoms with Crippen LogP contribution in [0.1, 0.15) is 28.3 Å². The van der Waals surface area contributed by atoms with Crippen LogP contribution in [0.4, 0.5) is 18.9 Å². The van der Waals surface area contributed by atoms with Gasteiger partial charge in [-0.15, -0.1) is 13.2 Å². The largest absolute Gasteiger partial charge is 0.573 e. The second kappa shape index (κ2) is 5.23. The Bertz CT molecular complexity index is 710. The second-order valence-electron chi connectivity index (χ2n) is 5.63. The Hall–Kier alpha value is -2.17. The van der Waals surface area contributed by atoms with Gasteiger partial charge in [-0.25, -0.2) is 0 Å². The minimum absolute atomic E-state index is 0.0803. The van der Waals surface area contributed by atoms with E-state index in [0.717, 1.165) is 11.3 Å². The Balaban J connectivity index is 1.83. The number of fused-ring (bicyclic) bond motifs is 1. The van der Waals surface area contributed by atoms with Crippen molar-refractivity contribution in [2.45, 2.75) is 32.7 Å². The molecule has 2 aromatic carbocycles. The molecule has 1 atom stereocenters. The number of anilines is 1. The van der Waals surface area contributed by atoms with Crippen LogP contribution in [0.3, 0.4) is 0 Å². The van der Waals surface area contributed by atoms with Crippen molar-refractivity contribution in [2.75, 3.05) is 5.32 Å². The standard InChI is InChI=1S/C17H16F3NO/c1-10-3-5-14(11(2)7-10)16-9-12-8-13(22-17(18,19)20)4-6-15(12)21-16/h3-8,16,21H,9H2,1-2H3. The van der Waals surface area contributed by atoms with Gasteiger partial charge in [-0.3, -0.25) is 0 Å². The zero-order chi connectivity index (χ0) is 15.9. The monoisotopic (exact) mass is 307 g/mol. The summed E-state index contributed by atoms with van der Waals surface area (Å²) in [6.45, 7) is 4.08. The molecule has 0 aromatic heterocycles. The van der Waals surface area contributed by atoms with Gasteiger partial charge in [-0.2, -0.15) is 0 Å². The van der Waals surface area contributed by atoms with E-state index in [2.05, 4.69) is 22.2 Å². The van der Waals surface area contributed by atoms with E-state index in [1.165, 1.54) is 28.8 Å². The maximum atomic E-state index is 12.3. The average molecular weight is 307 g/mol. The third-order valence-corrected chi connectivity index (χ3v) is 3.86. The molecular weight excluding hydrogens is 291 g/mol. The normalized spacial score (nSPS) is 17.0. The molecule has 0 radical (unpaired) electrons. The molecule has 0 saturated carbocycles. The molecule has 1 unspecified atom stereocenters. The zero-order valence-corrected chi connectivity index (χ0v) is 12.3. The minimum Gasteiger partial charge on any atom is -0.406 e. The maximum absolute atomic E-state index is 12.3. The van der Waals surface area contributed by atoms with Gasteiger partial charge >= 0.3 is 6.36 Å². The predicted molar refractivity (Wildman–Crippen MR) is 79.1 cm³/mol. The zero-order valence-electron chi connectivity index (χ0n) is 12.3. The fourth-order valence-electron chi connectivity index (χ4n) is 2.94. The Kier molecular flexibility index (Phi) is 3.51. The van der Waals surface area contributed by atoms with Crippen molar-refractivity contribution in [2.24, 2.45) is 0 Å². The van der Waals surface area contributed by atoms with Gasteiger partial charge in [-0.05, 0) is 55.2 Å². The molecule has 2 nitrogen and oxygen atoms in total. The maximum Gasteiger partial charge on any atom is 0.573 e. The highest BCUT2D eigenvalue weighted by Crippen LogP contribution is 2.38. The Morgan fingerprint density at radius 2 is 1.86 bits per heavy atom. The van der Waals surface area contributed by atoms with Crippen LogP contribution in [0.15, 0.2) is 36.4 Å². The van der Waals surface area contributed by atoms with Crippen LogP contribution in [0.5, 0.6) is 5.75 Å². The van der Waals surface area contributed by atoms with E-state index in [1.807, 2.05) is 19.9 Å². The van der Waals surface area contributed by atoms with Crippen LogP contribution in [0.2, 0.25) is 0 Å². The van der Waals surface area contributed by atoms with Crippen LogP contribution >= 0.6 is 0 Å². The van der Waals surface area contributed by atoms with Gasteiger partial charge in [0.1, 0.15) is 5.75 Å². The number of nitrogens with one attached hydrogen (secondary N) is 1. The first-order valence-corrected chi connectivity index (χ1v) is 7.04. The van der Waals surface area contributed by atoms with Crippen molar-refractivity contribution >= 4 is 5.69 Å². The summed E-state index contributed by atoms with van der Waals surface area (Å²) in [5.41, 5.74) is 5.24. The minimum atomic E-state index is -4.66. The average Bonchev–Trinajstić information content (AvgIpc) is 2.79. The molecule has 116 valence electrons. The molecule has 0 saturated heterocycles. The molecule has 1 N–H and O–H groups in total. The van der Waals surface area contributed by atoms with E-state index in [-0.39, 0.29) is 11.8 Å². The highest BCUT2D eigenvalue weighted by molar-refractivity contribution is 5.61. The summed E-state index contributed by atoms with van der Waals surface area (Å²) >= 11 is 0. The lowest BCUT2D eigenvalue weighted by Crippen LogP contribution is -2.17. The molecule has 2 aromatic rings. The first kappa shape index (κ1) is 14.8. The van der Waals surface area contributed by atoms with Crippen molar-refractivity contribution < 1.29 is 17.9 Å². The van der Waals surface area contributed by atoms with E-state index in [4.69, 9.17) is 0 Å². The molecule has 0 amide bonds. The first-order chi connectivity index (χ1) is 10.3. The second-order valence-corrected chi connectivity index (χ2v) is 5.63. The third-order valence-electron chi connectivity index (χ3n) is 3.86. The fraction of sp³-hybridized carbons (Fsp3) is 0.294. The van der Waals surface area contributed by atoms with Crippen molar-refractivity contribution in [3.05, 3.63) is 58.7 Å². The highest BCUT2D eigenvalue weighted by Gasteiger charge is 2.32. The quantitative estimate of drug-likeness (QED) is 0.851. The van der Waals surface area contributed by atoms with Gasteiger partial charge in [0.05, 0.1) is 6.04 Å². The molecule has 0 fully saturated rings. The van der Waals surface area contributed by atoms with Crippen molar-refractivity contribution in [1.82, 2.24) is 0 Å². The van der Waals surface area contributed by atoms with E-state index in [0.29, 0.717) is 6.42 Å². The number of hydrogen-bond acceptors (Lipinski definition) is 2. The Morgan fingerprint density at radius 3 is 2.55 bits per heavy atom. The molecule has 22 heavy (non-hydrogen) atoms. The van der Waals surface area contributed by atoms with Crippen LogP contribution in [-0.2, 0) is 6.42 Å². The number of benzene rings is 2. The summed E-state index contributed by atoms with van der Waals surface area (Å²) in [5.74, 6) is -0.172. The lowest BCUT2D eigenvalue weighted by Gasteiger charge is -2.15. The SMILES string of the molecule is Cc1ccc(C2Cc3cc(OC(F)(F)F)ccc3N2)c(C)c1. The summed E-state index contributed by atoms with van der Waals surface area (Å²) in [6.07, 6.45) is -4.01. The smallest absolute Gasteiger partial charge is 0.406 e. The lowest BCUT2D eigenvalue weighted by atomic mass is 9.97. The van der Waals surface area contributed by atoms with Crippen molar-refractivity contribution in [1.29, 1.82) is 0 Å². The predicted octanol–water partition coefficient (Wildman–Crippen LogP) is 4.91. The number of rotatable bonds is 2. The summed E-state index contributed by atoms with van der Waals surface area (Å²) in [6, 6.07) is 10.7. The van der Waals surface area contributed by atoms with Gasteiger partial charge in [0.2, 0.25) is 0 Å². The summed E-state index contributed by atoms with van der Waals surface area (Å²) in [4.78, 5) is 0. The first-order valence-electron chi connectivity index (χ1n) is 7.04. The van der Waals surface area contributed by atoms with E-state index < -0.39 is 6.36 Å². The molecule has 3 rings (SSSR count). The van der Waals surface area contributed by atoms with Crippen molar-refractivity contribution in [3.63, 3.8) is 0 Å². The van der Waals surface area contributed by atoms with E-state index in [1.54, 1.807) is 6.07 Å². The number of alkyl halides is 3. The van der Waals surface area contributed by atoms with Gasteiger partial charge < -0.3 is 10.1 Å². The third kappa shape index (κ3) is 3.03. The molecule has 5 heteroatoms. The molecule has 1 aliphatic heterocycles. The number of ether oxygens (including phenoxy) is 1. The van der Waals surface area contributed by atoms with E-state index in [9.17, 15) is 13.2 Å². The number of hydrogen-bond donors (Lipinski definition) is 1. The molecule has 1 heterocycles. The van der Waals surface area contributed by atoms with Gasteiger partial charge in [-0.1, -0.05) is 23.8 Å². The molecule has 0 aliphatic carbocycles. The van der Waals surface area contributed by atoms with Crippen LogP contribution in [0, 0.1) is 13.8 Å². The summed E-state index contributed by atoms with van der Waals surface area (Å²) < 4.78 is 40.8. The van der Waals surface area contributed by atoms with Crippen LogP contribution in [0.25, 0.3) is 0 Å². The molecule has 1 aliphatic rings. The number of aryl methyl sites for hydroxylation is 2. The highest BCUT2D eigenvalue weighted by atomic mass is 19.4. The van der Waals surface area contributed by atoms with Crippen LogP contribution < -0.4 is 10.1 Å². The topological polar surface area (TPSA) is 21.3 Å². The number of halogens is 3. The summed E-state index contributed by atoms with van der Waals surface area (Å²) in [7, 11) is 0. The summed E-state index contributed by atoms with van der Waals surface area (Å²) in [5, 5.41) is 3.36. The Labute approximate surface area is 126 Å². The van der Waals surface area contributed by atoms with Crippen molar-refractivity contribution in [3.8, 4) is 5.75 Å². The molecular formula is C17H16F3NO. The lowest BCUT2D eigenvalue weighted by molar-refractivity contribution is -0.274.